The number of rotatable bonds is 11. The molecule has 0 aliphatic rings. The zero-order valence-electron chi connectivity index (χ0n) is 28.9. The van der Waals surface area contributed by atoms with E-state index in [1.165, 1.54) is 43.5 Å². The molecule has 0 amide bonds. The van der Waals surface area contributed by atoms with Gasteiger partial charge in [0.2, 0.25) is 0 Å². The van der Waals surface area contributed by atoms with Gasteiger partial charge in [-0.25, -0.2) is 0 Å². The van der Waals surface area contributed by atoms with Gasteiger partial charge in [-0.15, -0.1) is 15.3 Å². The van der Waals surface area contributed by atoms with Crippen LogP contribution in [-0.2, 0) is 40.5 Å². The molecule has 0 aliphatic heterocycles. The second-order valence-corrected chi connectivity index (χ2v) is 17.6. The van der Waals surface area contributed by atoms with Gasteiger partial charge in [-0.05, 0) is 66.0 Å². The number of phenolic OH excluding ortho intramolecular Hbond substituents is 2. The number of aromatic hydroxyl groups is 2. The van der Waals surface area contributed by atoms with E-state index in [-0.39, 0.29) is 61.4 Å². The molecule has 0 radical (unpaired) electrons. The van der Waals surface area contributed by atoms with E-state index < -0.39 is 77.2 Å². The number of nitrogens with one attached hydrogen (secondary N) is 1. The van der Waals surface area contributed by atoms with Crippen molar-refractivity contribution in [1.29, 1.82) is 0 Å². The molecule has 25 heteroatoms. The van der Waals surface area contributed by atoms with Crippen LogP contribution in [0.3, 0.4) is 0 Å². The van der Waals surface area contributed by atoms with Crippen LogP contribution in [0.2, 0.25) is 0 Å². The number of nitrogens with zero attached hydrogens (tertiary/aromatic N) is 4. The first-order valence-corrected chi connectivity index (χ1v) is 21.4. The minimum atomic E-state index is -5.11. The molecule has 6 aromatic rings. The lowest BCUT2D eigenvalue weighted by Crippen LogP contribution is -2.04. The Morgan fingerprint density at radius 2 is 1.19 bits per heavy atom. The first-order chi connectivity index (χ1) is 26.9. The average molecular weight is 875 g/mol. The van der Waals surface area contributed by atoms with Gasteiger partial charge in [-0.3, -0.25) is 18.2 Å². The molecular formula is C33H26N6O15S4. The first kappa shape index (κ1) is 41.3. The summed E-state index contributed by atoms with van der Waals surface area (Å²) in [6, 6.07) is 16.0. The van der Waals surface area contributed by atoms with E-state index >= 15 is 0 Å². The Balaban J connectivity index is 1.37. The molecule has 0 bridgehead atoms. The van der Waals surface area contributed by atoms with E-state index in [9.17, 15) is 62.1 Å². The van der Waals surface area contributed by atoms with Gasteiger partial charge in [0.15, 0.2) is 5.75 Å². The molecule has 302 valence electrons. The summed E-state index contributed by atoms with van der Waals surface area (Å²) in [4.78, 5) is -2.93. The van der Waals surface area contributed by atoms with Crippen molar-refractivity contribution < 1.29 is 66.8 Å². The quantitative estimate of drug-likeness (QED) is 0.0388. The van der Waals surface area contributed by atoms with Crippen molar-refractivity contribution in [2.75, 3.05) is 18.2 Å². The van der Waals surface area contributed by atoms with Crippen LogP contribution >= 0.6 is 0 Å². The topological polar surface area (TPSA) is 355 Å². The van der Waals surface area contributed by atoms with E-state index in [0.29, 0.717) is 0 Å². The largest absolute Gasteiger partial charge is 0.506 e. The van der Waals surface area contributed by atoms with E-state index in [1.807, 2.05) is 0 Å². The molecule has 0 saturated carbocycles. The van der Waals surface area contributed by atoms with Crippen LogP contribution in [0.5, 0.6) is 17.2 Å². The van der Waals surface area contributed by atoms with Crippen LogP contribution in [0.1, 0.15) is 0 Å². The number of nitrogens with two attached hydrogens (primary N) is 1. The maximum Gasteiger partial charge on any atom is 0.296 e. The number of methoxy groups -OCH3 is 1. The predicted octanol–water partition coefficient (Wildman–Crippen LogP) is 6.56. The van der Waals surface area contributed by atoms with E-state index in [4.69, 9.17) is 10.5 Å². The number of anilines is 3. The summed E-state index contributed by atoms with van der Waals surface area (Å²) in [5.74, 6) is -1.60. The SMILES string of the molecule is COc1cc(N=Nc2c(S(=O)(=O)O)cc3cc(Nc4ccc(N)c(S(=O)(=O)O)c4)ccc3c2O)c(O)cc1N=Nc1cc(S(=O)(=O)O)c2cccc(S(=O)(=O)O)c2c1. The van der Waals surface area contributed by atoms with Gasteiger partial charge in [0, 0.05) is 39.7 Å². The Kier molecular flexibility index (Phi) is 10.6. The normalized spacial score (nSPS) is 12.8. The zero-order chi connectivity index (χ0) is 42.5. The summed E-state index contributed by atoms with van der Waals surface area (Å²) < 4.78 is 141. The molecule has 0 saturated heterocycles. The lowest BCUT2D eigenvalue weighted by molar-refractivity contribution is 0.413. The Morgan fingerprint density at radius 3 is 1.83 bits per heavy atom. The van der Waals surface area contributed by atoms with Crippen LogP contribution < -0.4 is 15.8 Å². The lowest BCUT2D eigenvalue weighted by atomic mass is 10.1. The molecule has 0 aromatic heterocycles. The van der Waals surface area contributed by atoms with E-state index in [1.54, 1.807) is 0 Å². The fraction of sp³-hybridized carbons (Fsp3) is 0.0303. The third-order valence-electron chi connectivity index (χ3n) is 8.17. The fourth-order valence-corrected chi connectivity index (χ4v) is 8.34. The van der Waals surface area contributed by atoms with Crippen LogP contribution in [0.25, 0.3) is 21.5 Å². The molecule has 0 aliphatic carbocycles. The Labute approximate surface area is 327 Å². The van der Waals surface area contributed by atoms with Crippen molar-refractivity contribution in [2.24, 2.45) is 20.5 Å². The van der Waals surface area contributed by atoms with Crippen LogP contribution in [-0.4, -0.2) is 69.2 Å². The van der Waals surface area contributed by atoms with Crippen molar-refractivity contribution in [3.8, 4) is 17.2 Å². The van der Waals surface area contributed by atoms with Crippen molar-refractivity contribution in [3.05, 3.63) is 84.9 Å². The summed E-state index contributed by atoms with van der Waals surface area (Å²) in [6.45, 7) is 0. The van der Waals surface area contributed by atoms with Crippen LogP contribution in [0.15, 0.2) is 125 Å². The van der Waals surface area contributed by atoms with Crippen molar-refractivity contribution in [3.63, 3.8) is 0 Å². The molecule has 6 rings (SSSR count). The lowest BCUT2D eigenvalue weighted by Gasteiger charge is -2.12. The molecule has 0 heterocycles. The molecule has 0 fully saturated rings. The molecule has 0 atom stereocenters. The number of fused-ring (bicyclic) bond motifs is 2. The summed E-state index contributed by atoms with van der Waals surface area (Å²) in [7, 11) is -18.4. The maximum absolute atomic E-state index is 12.5. The van der Waals surface area contributed by atoms with Crippen molar-refractivity contribution in [1.82, 2.24) is 0 Å². The highest BCUT2D eigenvalue weighted by molar-refractivity contribution is 7.87. The first-order valence-electron chi connectivity index (χ1n) is 15.6. The Bertz CT molecular complexity index is 3230. The number of benzene rings is 6. The van der Waals surface area contributed by atoms with Crippen LogP contribution in [0.4, 0.5) is 39.8 Å². The fourth-order valence-electron chi connectivity index (χ4n) is 5.61. The van der Waals surface area contributed by atoms with Gasteiger partial charge in [-0.2, -0.15) is 38.8 Å². The molecule has 0 spiro atoms. The highest BCUT2D eigenvalue weighted by Crippen LogP contribution is 2.45. The third-order valence-corrected chi connectivity index (χ3v) is 11.8. The second kappa shape index (κ2) is 14.9. The molecule has 0 unspecified atom stereocenters. The van der Waals surface area contributed by atoms with Crippen molar-refractivity contribution >= 4 is 102 Å². The van der Waals surface area contributed by atoms with Crippen LogP contribution in [0, 0.1) is 0 Å². The van der Waals surface area contributed by atoms with Crippen molar-refractivity contribution in [2.45, 2.75) is 19.6 Å². The Morgan fingerprint density at radius 1 is 0.569 bits per heavy atom. The number of phenols is 2. The predicted molar refractivity (Wildman–Crippen MR) is 206 cm³/mol. The second-order valence-electron chi connectivity index (χ2n) is 12.0. The zero-order valence-corrected chi connectivity index (χ0v) is 32.2. The third kappa shape index (κ3) is 8.50. The molecular weight excluding hydrogens is 849 g/mol. The number of hydrogen-bond donors (Lipinski definition) is 8. The van der Waals surface area contributed by atoms with E-state index in [2.05, 4.69) is 25.8 Å². The molecule has 9 N–H and O–H groups in total. The number of hydrogen-bond acceptors (Lipinski definition) is 17. The van der Waals surface area contributed by atoms with Gasteiger partial charge >= 0.3 is 0 Å². The highest BCUT2D eigenvalue weighted by Gasteiger charge is 2.24. The molecule has 21 nitrogen and oxygen atoms in total. The summed E-state index contributed by atoms with van der Waals surface area (Å²) in [5, 5.41) is 39.6. The Hall–Kier alpha value is -6.32. The minimum absolute atomic E-state index is 0.00921. The standard InChI is InChI=1S/C33H26N6O15S4/c1-54-27-15-24(26(40)14-25(27)38-36-19-11-22-21(29(13-19)56(45,46)47)3-2-4-28(22)55(42,43)44)37-39-32-31(58(51,52)53)10-16-9-17(5-7-20(16)33(32)41)35-18-6-8-23(34)30(12-18)57(48,49)50/h2-15,35,40-41H,34H2,1H3,(H,42,43,44)(H,45,46,47)(H,48,49,50)(H,51,52,53). The van der Waals surface area contributed by atoms with Gasteiger partial charge in [0.05, 0.1) is 18.5 Å². The summed E-state index contributed by atoms with van der Waals surface area (Å²) >= 11 is 0. The van der Waals surface area contributed by atoms with E-state index in [0.717, 1.165) is 48.5 Å². The van der Waals surface area contributed by atoms with Gasteiger partial charge in [0.1, 0.15) is 48.1 Å². The van der Waals surface area contributed by atoms with Gasteiger partial charge in [0.25, 0.3) is 40.5 Å². The smallest absolute Gasteiger partial charge is 0.296 e. The number of azo groups is 2. The average Bonchev–Trinajstić information content (AvgIpc) is 3.12. The maximum atomic E-state index is 12.5. The monoisotopic (exact) mass is 874 g/mol. The van der Waals surface area contributed by atoms with Gasteiger partial charge in [-0.1, -0.05) is 12.1 Å². The minimum Gasteiger partial charge on any atom is -0.506 e. The molecule has 58 heavy (non-hydrogen) atoms. The summed E-state index contributed by atoms with van der Waals surface area (Å²) in [5.41, 5.74) is 4.13. The number of nitrogen functional groups attached to an aromatic ring is 1. The molecule has 6 aromatic carbocycles. The summed E-state index contributed by atoms with van der Waals surface area (Å²) in [6.07, 6.45) is 0. The number of ether oxygens (including phenoxy) is 1. The highest BCUT2D eigenvalue weighted by atomic mass is 32.2. The van der Waals surface area contributed by atoms with Gasteiger partial charge < -0.3 is 26.0 Å².